The fraction of sp³-hybridized carbons (Fsp3) is 0. The lowest BCUT2D eigenvalue weighted by molar-refractivity contribution is 0.406. The summed E-state index contributed by atoms with van der Waals surface area (Å²) in [6.45, 7) is 0. The van der Waals surface area contributed by atoms with Crippen molar-refractivity contribution in [2.75, 3.05) is 0 Å². The van der Waals surface area contributed by atoms with E-state index in [0.717, 1.165) is 5.94 Å². The Hall–Kier alpha value is -0.950. The first-order chi connectivity index (χ1) is 2.27. The van der Waals surface area contributed by atoms with Crippen LogP contribution in [0.2, 0.25) is 0 Å². The summed E-state index contributed by atoms with van der Waals surface area (Å²) in [6.07, 6.45) is 0. The molecule has 0 bridgehead atoms. The Morgan fingerprint density at radius 3 is 2.20 bits per heavy atom. The molecule has 28 valence electrons. The third-order valence-corrected chi connectivity index (χ3v) is 0.105. The first kappa shape index (κ1) is 4.05. The van der Waals surface area contributed by atoms with E-state index in [0.29, 0.717) is 0 Å². The van der Waals surface area contributed by atoms with Crippen molar-refractivity contribution in [3.63, 3.8) is 0 Å². The predicted octanol–water partition coefficient (Wildman–Crippen LogP) is -0.824. The van der Waals surface area contributed by atoms with Gasteiger partial charge < -0.3 is 10.8 Å². The molecular formula is C2H3NO2. The number of hydrogen-bond donors (Lipinski definition) is 2. The standard InChI is InChI=1S/C2H3NO2/c3-2(5)1-4/h5H,3H2. The van der Waals surface area contributed by atoms with E-state index >= 15 is 0 Å². The van der Waals surface area contributed by atoms with Crippen molar-refractivity contribution < 1.29 is 9.90 Å². The van der Waals surface area contributed by atoms with Crippen LogP contribution in [0, 0.1) is 0 Å². The Bertz CT molecular complexity index is 67.7. The van der Waals surface area contributed by atoms with Crippen molar-refractivity contribution >= 4 is 5.94 Å². The molecule has 0 aliphatic carbocycles. The zero-order valence-corrected chi connectivity index (χ0v) is 2.43. The van der Waals surface area contributed by atoms with Crippen LogP contribution in [0.15, 0.2) is 5.88 Å². The average Bonchev–Trinajstić information content (AvgIpc) is 1.38. The van der Waals surface area contributed by atoms with E-state index in [-0.39, 0.29) is 0 Å². The second kappa shape index (κ2) is 1.38. The van der Waals surface area contributed by atoms with Gasteiger partial charge in [0.2, 0.25) is 0 Å². The van der Waals surface area contributed by atoms with Crippen LogP contribution in [-0.2, 0) is 4.79 Å². The van der Waals surface area contributed by atoms with Gasteiger partial charge in [-0.25, -0.2) is 4.79 Å². The van der Waals surface area contributed by atoms with E-state index < -0.39 is 5.88 Å². The molecule has 0 aliphatic rings. The lowest BCUT2D eigenvalue weighted by Crippen LogP contribution is -1.92. The van der Waals surface area contributed by atoms with Gasteiger partial charge in [0, 0.05) is 0 Å². The molecule has 0 atom stereocenters. The Labute approximate surface area is 28.7 Å². The largest absolute Gasteiger partial charge is 0.487 e. The fourth-order valence-corrected chi connectivity index (χ4v) is 0. The number of nitrogens with two attached hydrogens (primary N) is 1. The summed E-state index contributed by atoms with van der Waals surface area (Å²) < 4.78 is 0. The van der Waals surface area contributed by atoms with Crippen LogP contribution in [0.4, 0.5) is 0 Å². The molecule has 0 spiro atoms. The molecule has 0 saturated carbocycles. The third kappa shape index (κ3) is 3.05. The van der Waals surface area contributed by atoms with Crippen molar-refractivity contribution in [1.29, 1.82) is 0 Å². The van der Waals surface area contributed by atoms with Crippen LogP contribution < -0.4 is 5.73 Å². The molecule has 0 fully saturated rings. The zero-order valence-electron chi connectivity index (χ0n) is 2.43. The van der Waals surface area contributed by atoms with E-state index in [1.165, 1.54) is 0 Å². The molecule has 0 aromatic rings. The SMILES string of the molecule is NC(O)=C=O. The number of hydrogen-bond acceptors (Lipinski definition) is 3. The van der Waals surface area contributed by atoms with Crippen LogP contribution in [0.1, 0.15) is 0 Å². The summed E-state index contributed by atoms with van der Waals surface area (Å²) in [4.78, 5) is 8.97. The maximum atomic E-state index is 8.97. The second-order valence-electron chi connectivity index (χ2n) is 0.487. The summed E-state index contributed by atoms with van der Waals surface area (Å²) >= 11 is 0. The van der Waals surface area contributed by atoms with E-state index in [1.807, 2.05) is 0 Å². The van der Waals surface area contributed by atoms with Crippen molar-refractivity contribution in [2.45, 2.75) is 0 Å². The lowest BCUT2D eigenvalue weighted by Gasteiger charge is -1.67. The van der Waals surface area contributed by atoms with Gasteiger partial charge in [0.25, 0.3) is 5.88 Å². The van der Waals surface area contributed by atoms with Gasteiger partial charge in [-0.05, 0) is 0 Å². The number of carbonyl (C=O) groups excluding carboxylic acids is 1. The van der Waals surface area contributed by atoms with Crippen molar-refractivity contribution in [1.82, 2.24) is 0 Å². The van der Waals surface area contributed by atoms with Crippen LogP contribution in [0.5, 0.6) is 0 Å². The molecule has 0 aromatic heterocycles. The summed E-state index contributed by atoms with van der Waals surface area (Å²) in [5.74, 6) is 0.227. The van der Waals surface area contributed by atoms with E-state index in [4.69, 9.17) is 9.90 Å². The smallest absolute Gasteiger partial charge is 0.270 e. The van der Waals surface area contributed by atoms with E-state index in [2.05, 4.69) is 5.73 Å². The molecule has 0 saturated heterocycles. The first-order valence-corrected chi connectivity index (χ1v) is 0.966. The molecule has 0 unspecified atom stereocenters. The number of aliphatic hydroxyl groups excluding tert-OH is 1. The van der Waals surface area contributed by atoms with Gasteiger partial charge in [-0.15, -0.1) is 0 Å². The molecule has 0 radical (unpaired) electrons. The Morgan fingerprint density at radius 1 is 2.00 bits per heavy atom. The molecule has 3 nitrogen and oxygen atoms in total. The monoisotopic (exact) mass is 73.0 g/mol. The molecule has 5 heavy (non-hydrogen) atoms. The quantitative estimate of drug-likeness (QED) is 0.291. The third-order valence-electron chi connectivity index (χ3n) is 0.105. The molecule has 3 heteroatoms. The zero-order chi connectivity index (χ0) is 4.28. The van der Waals surface area contributed by atoms with Crippen LogP contribution in [-0.4, -0.2) is 11.0 Å². The Morgan fingerprint density at radius 2 is 2.20 bits per heavy atom. The summed E-state index contributed by atoms with van der Waals surface area (Å²) in [6, 6.07) is 0. The molecule has 0 rings (SSSR count). The predicted molar refractivity (Wildman–Crippen MR) is 16.0 cm³/mol. The fourth-order valence-electron chi connectivity index (χ4n) is 0. The van der Waals surface area contributed by atoms with Crippen molar-refractivity contribution in [2.24, 2.45) is 5.73 Å². The summed E-state index contributed by atoms with van der Waals surface area (Å²) in [5, 5.41) is 7.63. The van der Waals surface area contributed by atoms with Gasteiger partial charge in [0.15, 0.2) is 5.94 Å². The maximum absolute atomic E-state index is 8.97. The van der Waals surface area contributed by atoms with Gasteiger partial charge in [0.1, 0.15) is 0 Å². The highest BCUT2D eigenvalue weighted by Crippen LogP contribution is 1.47. The van der Waals surface area contributed by atoms with Gasteiger partial charge in [-0.1, -0.05) is 0 Å². The maximum Gasteiger partial charge on any atom is 0.270 e. The minimum Gasteiger partial charge on any atom is -0.487 e. The normalized spacial score (nSPS) is 5.60. The highest BCUT2D eigenvalue weighted by atomic mass is 16.3. The molecule has 0 aliphatic heterocycles. The highest BCUT2D eigenvalue weighted by Gasteiger charge is 1.65. The Balaban J connectivity index is 3.60. The van der Waals surface area contributed by atoms with Gasteiger partial charge in [-0.3, -0.25) is 0 Å². The second-order valence-corrected chi connectivity index (χ2v) is 0.487. The summed E-state index contributed by atoms with van der Waals surface area (Å²) in [5.41, 5.74) is 4.34. The van der Waals surface area contributed by atoms with Gasteiger partial charge in [0.05, 0.1) is 0 Å². The summed E-state index contributed by atoms with van der Waals surface area (Å²) in [7, 11) is 0. The molecule has 3 N–H and O–H groups in total. The molecular weight excluding hydrogens is 70.0 g/mol. The topological polar surface area (TPSA) is 63.3 Å². The first-order valence-electron chi connectivity index (χ1n) is 0.966. The number of aliphatic hydroxyl groups is 1. The van der Waals surface area contributed by atoms with Crippen molar-refractivity contribution in [3.05, 3.63) is 5.88 Å². The highest BCUT2D eigenvalue weighted by molar-refractivity contribution is 5.46. The molecule has 0 amide bonds. The minimum absolute atomic E-state index is 0.801. The van der Waals surface area contributed by atoms with E-state index in [1.54, 1.807) is 0 Å². The molecule has 0 aromatic carbocycles. The van der Waals surface area contributed by atoms with Crippen molar-refractivity contribution in [3.8, 4) is 0 Å². The van der Waals surface area contributed by atoms with Crippen LogP contribution in [0.3, 0.4) is 0 Å². The van der Waals surface area contributed by atoms with Crippen LogP contribution >= 0.6 is 0 Å². The Kier molecular flexibility index (Phi) is 1.12. The van der Waals surface area contributed by atoms with Crippen LogP contribution in [0.25, 0.3) is 0 Å². The molecule has 0 heterocycles. The average molecular weight is 73.1 g/mol. The lowest BCUT2D eigenvalue weighted by atomic mass is 11.0. The number of rotatable bonds is 0. The minimum atomic E-state index is -0.801. The van der Waals surface area contributed by atoms with Gasteiger partial charge >= 0.3 is 0 Å². The van der Waals surface area contributed by atoms with E-state index in [9.17, 15) is 0 Å². The van der Waals surface area contributed by atoms with Gasteiger partial charge in [-0.2, -0.15) is 0 Å².